The Bertz CT molecular complexity index is 470. The predicted molar refractivity (Wildman–Crippen MR) is 69.8 cm³/mol. The van der Waals surface area contributed by atoms with E-state index in [1.165, 1.54) is 12.1 Å². The zero-order valence-corrected chi connectivity index (χ0v) is 11.9. The minimum Gasteiger partial charge on any atom is -0.344 e. The maximum atomic E-state index is 10.5. The van der Waals surface area contributed by atoms with Crippen LogP contribution in [0.5, 0.6) is 0 Å². The second kappa shape index (κ2) is 6.97. The average Bonchev–Trinajstić information content (AvgIpc) is 2.13. The number of aliphatic hydroxyl groups is 3. The van der Waals surface area contributed by atoms with Gasteiger partial charge in [-0.3, -0.25) is 4.55 Å². The Hall–Kier alpha value is -0.990. The summed E-state index contributed by atoms with van der Waals surface area (Å²) in [5.74, 6) is -2.39. The third-order valence-corrected chi connectivity index (χ3v) is 2.87. The molecule has 0 saturated carbocycles. The van der Waals surface area contributed by atoms with E-state index in [1.807, 2.05) is 6.92 Å². The van der Waals surface area contributed by atoms with Gasteiger partial charge in [-0.25, -0.2) is 0 Å². The van der Waals surface area contributed by atoms with Gasteiger partial charge < -0.3 is 15.3 Å². The van der Waals surface area contributed by atoms with Crippen molar-refractivity contribution in [3.63, 3.8) is 0 Å². The molecule has 1 aromatic rings. The topological polar surface area (TPSA) is 115 Å². The molecule has 0 atom stereocenters. The minimum atomic E-state index is -4.02. The molecule has 7 heteroatoms. The van der Waals surface area contributed by atoms with Crippen molar-refractivity contribution in [3.05, 3.63) is 29.8 Å². The van der Waals surface area contributed by atoms with E-state index in [9.17, 15) is 8.42 Å². The summed E-state index contributed by atoms with van der Waals surface area (Å²) in [4.78, 5) is -0.0666. The van der Waals surface area contributed by atoms with Crippen LogP contribution in [-0.2, 0) is 10.1 Å². The molecular weight excluding hydrogens is 272 g/mol. The molecule has 0 aliphatic heterocycles. The molecule has 19 heavy (non-hydrogen) atoms. The van der Waals surface area contributed by atoms with Crippen molar-refractivity contribution in [1.82, 2.24) is 0 Å². The number of aryl methyl sites for hydroxylation is 1. The fourth-order valence-electron chi connectivity index (χ4n) is 1.26. The quantitative estimate of drug-likeness (QED) is 0.486. The van der Waals surface area contributed by atoms with E-state index in [2.05, 4.69) is 0 Å². The van der Waals surface area contributed by atoms with Crippen molar-refractivity contribution in [1.29, 1.82) is 0 Å². The molecule has 0 heterocycles. The van der Waals surface area contributed by atoms with Gasteiger partial charge in [0.15, 0.2) is 0 Å². The Morgan fingerprint density at radius 1 is 1.11 bits per heavy atom. The lowest BCUT2D eigenvalue weighted by molar-refractivity contribution is -0.318. The van der Waals surface area contributed by atoms with Crippen LogP contribution in [0.2, 0.25) is 0 Å². The maximum absolute atomic E-state index is 10.5. The van der Waals surface area contributed by atoms with E-state index < -0.39 is 16.1 Å². The lowest BCUT2D eigenvalue weighted by Crippen LogP contribution is -2.28. The van der Waals surface area contributed by atoms with E-state index >= 15 is 0 Å². The van der Waals surface area contributed by atoms with Crippen molar-refractivity contribution in [3.8, 4) is 0 Å². The highest BCUT2D eigenvalue weighted by Crippen LogP contribution is 2.09. The fraction of sp³-hybridized carbons (Fsp3) is 0.500. The summed E-state index contributed by atoms with van der Waals surface area (Å²) in [5, 5.41) is 24.9. The van der Waals surface area contributed by atoms with Crippen LogP contribution >= 0.6 is 0 Å². The Labute approximate surface area is 113 Å². The van der Waals surface area contributed by atoms with Crippen LogP contribution in [0.25, 0.3) is 0 Å². The Morgan fingerprint density at radius 2 is 1.53 bits per heavy atom. The summed E-state index contributed by atoms with van der Waals surface area (Å²) in [6, 6.07) is 5.99. The standard InChI is InChI=1S/C7H8O3S.C5H12O3/c1-6-2-4-7(5-3-6)11(8,9)10;1-4(2)3-5(6,7)8/h2-5H,1H3,(H,8,9,10);4,6-8H,3H2,1-2H3. The normalized spacial score (nSPS) is 12.0. The summed E-state index contributed by atoms with van der Waals surface area (Å²) < 4.78 is 29.6. The van der Waals surface area contributed by atoms with Gasteiger partial charge in [0.05, 0.1) is 4.90 Å². The van der Waals surface area contributed by atoms with Crippen LogP contribution in [0.1, 0.15) is 25.8 Å². The molecule has 0 aliphatic carbocycles. The second-order valence-corrected chi connectivity index (χ2v) is 6.08. The summed E-state index contributed by atoms with van der Waals surface area (Å²) in [7, 11) is -4.02. The molecule has 1 aromatic carbocycles. The molecule has 0 aromatic heterocycles. The number of rotatable bonds is 3. The van der Waals surface area contributed by atoms with Crippen LogP contribution in [-0.4, -0.2) is 34.3 Å². The molecule has 0 radical (unpaired) electrons. The maximum Gasteiger partial charge on any atom is 0.294 e. The van der Waals surface area contributed by atoms with Gasteiger partial charge in [0.2, 0.25) is 0 Å². The SMILES string of the molecule is CC(C)CC(O)(O)O.Cc1ccc(S(=O)(=O)O)cc1. The van der Waals surface area contributed by atoms with E-state index in [4.69, 9.17) is 19.9 Å². The number of hydrogen-bond acceptors (Lipinski definition) is 5. The van der Waals surface area contributed by atoms with Gasteiger partial charge in [0.1, 0.15) is 0 Å². The molecule has 0 bridgehead atoms. The Balaban J connectivity index is 0.000000362. The van der Waals surface area contributed by atoms with E-state index in [0.29, 0.717) is 0 Å². The second-order valence-electron chi connectivity index (χ2n) is 4.66. The summed E-state index contributed by atoms with van der Waals surface area (Å²) in [6.45, 7) is 5.42. The molecule has 0 spiro atoms. The van der Waals surface area contributed by atoms with Crippen molar-refractivity contribution < 1.29 is 28.3 Å². The summed E-state index contributed by atoms with van der Waals surface area (Å²) in [5.41, 5.74) is 0.956. The number of benzene rings is 1. The molecule has 6 nitrogen and oxygen atoms in total. The molecule has 0 unspecified atom stereocenters. The molecule has 110 valence electrons. The molecule has 0 amide bonds. The van der Waals surface area contributed by atoms with E-state index in [1.54, 1.807) is 26.0 Å². The third kappa shape index (κ3) is 9.57. The first-order chi connectivity index (χ1) is 8.42. The van der Waals surface area contributed by atoms with Crippen LogP contribution < -0.4 is 0 Å². The first kappa shape index (κ1) is 18.0. The van der Waals surface area contributed by atoms with Gasteiger partial charge in [-0.15, -0.1) is 0 Å². The van der Waals surface area contributed by atoms with Gasteiger partial charge in [-0.2, -0.15) is 8.42 Å². The minimum absolute atomic E-state index is 0.00694. The monoisotopic (exact) mass is 292 g/mol. The Kier molecular flexibility index (Phi) is 6.61. The largest absolute Gasteiger partial charge is 0.344 e. The van der Waals surface area contributed by atoms with E-state index in [0.717, 1.165) is 5.56 Å². The van der Waals surface area contributed by atoms with Crippen LogP contribution in [0.3, 0.4) is 0 Å². The average molecular weight is 292 g/mol. The van der Waals surface area contributed by atoms with E-state index in [-0.39, 0.29) is 17.2 Å². The number of hydrogen-bond donors (Lipinski definition) is 4. The third-order valence-electron chi connectivity index (χ3n) is 2.00. The van der Waals surface area contributed by atoms with Gasteiger partial charge in [-0.05, 0) is 25.0 Å². The summed E-state index contributed by atoms with van der Waals surface area (Å²) >= 11 is 0. The smallest absolute Gasteiger partial charge is 0.294 e. The lowest BCUT2D eigenvalue weighted by Gasteiger charge is -2.15. The van der Waals surface area contributed by atoms with Crippen molar-refractivity contribution in [2.75, 3.05) is 0 Å². The van der Waals surface area contributed by atoms with Crippen molar-refractivity contribution >= 4 is 10.1 Å². The molecule has 0 saturated heterocycles. The highest BCUT2D eigenvalue weighted by Gasteiger charge is 2.18. The van der Waals surface area contributed by atoms with Gasteiger partial charge in [0.25, 0.3) is 16.1 Å². The zero-order chi connectivity index (χ0) is 15.3. The molecule has 0 fully saturated rings. The van der Waals surface area contributed by atoms with Crippen molar-refractivity contribution in [2.24, 2.45) is 5.92 Å². The molecular formula is C12H20O6S. The summed E-state index contributed by atoms with van der Waals surface area (Å²) in [6.07, 6.45) is -0.00694. The van der Waals surface area contributed by atoms with Crippen molar-refractivity contribution in [2.45, 2.75) is 38.1 Å². The van der Waals surface area contributed by atoms with Gasteiger partial charge >= 0.3 is 0 Å². The first-order valence-corrected chi connectivity index (χ1v) is 7.07. The first-order valence-electron chi connectivity index (χ1n) is 5.63. The lowest BCUT2D eigenvalue weighted by atomic mass is 10.1. The van der Waals surface area contributed by atoms with Crippen LogP contribution in [0.15, 0.2) is 29.2 Å². The molecule has 4 N–H and O–H groups in total. The van der Waals surface area contributed by atoms with Crippen LogP contribution in [0.4, 0.5) is 0 Å². The van der Waals surface area contributed by atoms with Crippen LogP contribution in [0, 0.1) is 12.8 Å². The van der Waals surface area contributed by atoms with Gasteiger partial charge in [-0.1, -0.05) is 31.5 Å². The molecule has 1 rings (SSSR count). The fourth-order valence-corrected chi connectivity index (χ4v) is 1.74. The highest BCUT2D eigenvalue weighted by atomic mass is 32.2. The Morgan fingerprint density at radius 3 is 1.74 bits per heavy atom. The zero-order valence-electron chi connectivity index (χ0n) is 11.1. The highest BCUT2D eigenvalue weighted by molar-refractivity contribution is 7.85. The van der Waals surface area contributed by atoms with Gasteiger partial charge in [0, 0.05) is 6.42 Å². The predicted octanol–water partition coefficient (Wildman–Crippen LogP) is 0.905. The molecule has 0 aliphatic rings.